The van der Waals surface area contributed by atoms with E-state index in [0.29, 0.717) is 6.04 Å². The van der Waals surface area contributed by atoms with Crippen LogP contribution in [0.25, 0.3) is 0 Å². The molecule has 0 aromatic rings. The van der Waals surface area contributed by atoms with Gasteiger partial charge in [0.1, 0.15) is 5.60 Å². The van der Waals surface area contributed by atoms with Crippen LogP contribution in [0.1, 0.15) is 46.5 Å². The molecule has 3 rings (SSSR count). The van der Waals surface area contributed by atoms with Crippen molar-refractivity contribution in [3.63, 3.8) is 0 Å². The predicted molar refractivity (Wildman–Crippen MR) is 82.3 cm³/mol. The van der Waals surface area contributed by atoms with Gasteiger partial charge in [-0.25, -0.2) is 4.79 Å². The molecule has 2 N–H and O–H groups in total. The lowest BCUT2D eigenvalue weighted by molar-refractivity contribution is -0.00877. The molecule has 3 fully saturated rings. The zero-order chi connectivity index (χ0) is 15.3. The lowest BCUT2D eigenvalue weighted by atomic mass is 9.73. The van der Waals surface area contributed by atoms with Gasteiger partial charge in [-0.2, -0.15) is 0 Å². The van der Waals surface area contributed by atoms with Crippen LogP contribution in [0, 0.1) is 5.92 Å². The van der Waals surface area contributed by atoms with Crippen LogP contribution >= 0.6 is 0 Å². The van der Waals surface area contributed by atoms with E-state index in [1.165, 1.54) is 12.8 Å². The molecule has 0 aliphatic carbocycles. The van der Waals surface area contributed by atoms with Gasteiger partial charge < -0.3 is 15.4 Å². The SMILES string of the molecule is CN1C2CCC1(C1CNC1)CC(NC(=O)OC(C)(C)C)C2. The molecule has 21 heavy (non-hydrogen) atoms. The van der Waals surface area contributed by atoms with E-state index in [1.807, 2.05) is 20.8 Å². The summed E-state index contributed by atoms with van der Waals surface area (Å²) in [6.07, 6.45) is 4.38. The molecule has 1 amide bonds. The fourth-order valence-corrected chi connectivity index (χ4v) is 4.42. The van der Waals surface area contributed by atoms with E-state index >= 15 is 0 Å². The Labute approximate surface area is 127 Å². The van der Waals surface area contributed by atoms with Gasteiger partial charge in [0.25, 0.3) is 0 Å². The molecule has 3 saturated heterocycles. The summed E-state index contributed by atoms with van der Waals surface area (Å²) in [5, 5.41) is 6.52. The van der Waals surface area contributed by atoms with Crippen molar-refractivity contribution in [3.05, 3.63) is 0 Å². The molecule has 3 unspecified atom stereocenters. The van der Waals surface area contributed by atoms with E-state index < -0.39 is 5.60 Å². The molecule has 5 nitrogen and oxygen atoms in total. The molecular formula is C16H29N3O2. The van der Waals surface area contributed by atoms with Gasteiger partial charge in [-0.15, -0.1) is 0 Å². The highest BCUT2D eigenvalue weighted by Gasteiger charge is 2.55. The maximum atomic E-state index is 12.0. The third-order valence-corrected chi connectivity index (χ3v) is 5.58. The van der Waals surface area contributed by atoms with Crippen LogP contribution in [0.15, 0.2) is 0 Å². The number of carbonyl (C=O) groups excluding carboxylic acids is 1. The van der Waals surface area contributed by atoms with Crippen LogP contribution in [-0.2, 0) is 4.74 Å². The van der Waals surface area contributed by atoms with E-state index in [1.54, 1.807) is 0 Å². The summed E-state index contributed by atoms with van der Waals surface area (Å²) in [5.74, 6) is 0.732. The number of fused-ring (bicyclic) bond motifs is 2. The van der Waals surface area contributed by atoms with Crippen molar-refractivity contribution >= 4 is 6.09 Å². The van der Waals surface area contributed by atoms with Crippen molar-refractivity contribution < 1.29 is 9.53 Å². The van der Waals surface area contributed by atoms with Gasteiger partial charge in [-0.05, 0) is 53.5 Å². The van der Waals surface area contributed by atoms with Gasteiger partial charge in [-0.3, -0.25) is 4.90 Å². The summed E-state index contributed by atoms with van der Waals surface area (Å²) in [6.45, 7) is 7.97. The minimum absolute atomic E-state index is 0.254. The van der Waals surface area contributed by atoms with Gasteiger partial charge >= 0.3 is 6.09 Å². The maximum Gasteiger partial charge on any atom is 0.407 e. The number of ether oxygens (including phenoxy) is 1. The lowest BCUT2D eigenvalue weighted by Gasteiger charge is -2.53. The van der Waals surface area contributed by atoms with Crippen molar-refractivity contribution in [2.75, 3.05) is 20.1 Å². The summed E-state index contributed by atoms with van der Waals surface area (Å²) >= 11 is 0. The minimum Gasteiger partial charge on any atom is -0.444 e. The number of amides is 1. The summed E-state index contributed by atoms with van der Waals surface area (Å²) in [7, 11) is 2.28. The first-order chi connectivity index (χ1) is 9.80. The number of rotatable bonds is 2. The predicted octanol–water partition coefficient (Wildman–Crippen LogP) is 1.73. The zero-order valence-corrected chi connectivity index (χ0v) is 13.7. The zero-order valence-electron chi connectivity index (χ0n) is 13.7. The van der Waals surface area contributed by atoms with E-state index in [4.69, 9.17) is 4.74 Å². The van der Waals surface area contributed by atoms with Crippen LogP contribution in [0.5, 0.6) is 0 Å². The number of piperidine rings is 1. The van der Waals surface area contributed by atoms with Crippen LogP contribution in [0.3, 0.4) is 0 Å². The summed E-state index contributed by atoms with van der Waals surface area (Å²) in [4.78, 5) is 14.6. The molecule has 2 bridgehead atoms. The number of carbonyl (C=O) groups is 1. The molecular weight excluding hydrogens is 266 g/mol. The standard InChI is InChI=1S/C16H29N3O2/c1-15(2,3)21-14(20)18-12-7-13-5-6-16(8-12,19(13)4)11-9-17-10-11/h11-13,17H,5-10H2,1-4H3,(H,18,20). The Morgan fingerprint density at radius 2 is 2.10 bits per heavy atom. The van der Waals surface area contributed by atoms with Crippen LogP contribution < -0.4 is 10.6 Å². The lowest BCUT2D eigenvalue weighted by Crippen LogP contribution is -2.65. The molecule has 3 aliphatic rings. The second-order valence-corrected chi connectivity index (χ2v) is 8.05. The van der Waals surface area contributed by atoms with Crippen molar-refractivity contribution in [3.8, 4) is 0 Å². The molecule has 3 atom stereocenters. The van der Waals surface area contributed by atoms with Gasteiger partial charge in [0.15, 0.2) is 0 Å². The van der Waals surface area contributed by atoms with Crippen molar-refractivity contribution in [2.24, 2.45) is 5.92 Å². The molecule has 3 aliphatic heterocycles. The van der Waals surface area contributed by atoms with E-state index in [9.17, 15) is 4.79 Å². The maximum absolute atomic E-state index is 12.0. The van der Waals surface area contributed by atoms with Gasteiger partial charge in [0.2, 0.25) is 0 Å². The summed E-state index contributed by atoms with van der Waals surface area (Å²) in [5.41, 5.74) is -0.141. The first kappa shape index (κ1) is 15.1. The molecule has 120 valence electrons. The van der Waals surface area contributed by atoms with Crippen molar-refractivity contribution in [1.82, 2.24) is 15.5 Å². The third-order valence-electron chi connectivity index (χ3n) is 5.58. The molecule has 0 spiro atoms. The highest BCUT2D eigenvalue weighted by Crippen LogP contribution is 2.48. The van der Waals surface area contributed by atoms with Crippen molar-refractivity contribution in [2.45, 2.75) is 69.7 Å². The number of nitrogens with one attached hydrogen (secondary N) is 2. The van der Waals surface area contributed by atoms with Crippen LogP contribution in [0.4, 0.5) is 4.79 Å². The average Bonchev–Trinajstić information content (AvgIpc) is 2.47. The second-order valence-electron chi connectivity index (χ2n) is 8.05. The summed E-state index contributed by atoms with van der Waals surface area (Å²) in [6, 6.07) is 0.864. The fourth-order valence-electron chi connectivity index (χ4n) is 4.42. The minimum atomic E-state index is -0.426. The molecule has 0 saturated carbocycles. The van der Waals surface area contributed by atoms with E-state index in [2.05, 4.69) is 22.6 Å². The van der Waals surface area contributed by atoms with E-state index in [0.717, 1.165) is 31.8 Å². The Balaban J connectivity index is 1.65. The Morgan fingerprint density at radius 1 is 1.38 bits per heavy atom. The molecule has 5 heteroatoms. The molecule has 0 radical (unpaired) electrons. The quantitative estimate of drug-likeness (QED) is 0.814. The number of hydrogen-bond donors (Lipinski definition) is 2. The highest BCUT2D eigenvalue weighted by atomic mass is 16.6. The second kappa shape index (κ2) is 5.13. The molecule has 0 aromatic carbocycles. The molecule has 3 heterocycles. The highest BCUT2D eigenvalue weighted by molar-refractivity contribution is 5.68. The first-order valence-electron chi connectivity index (χ1n) is 8.23. The van der Waals surface area contributed by atoms with Gasteiger partial charge in [-0.1, -0.05) is 0 Å². The topological polar surface area (TPSA) is 53.6 Å². The Bertz CT molecular complexity index is 416. The average molecular weight is 295 g/mol. The van der Waals surface area contributed by atoms with Crippen LogP contribution in [0.2, 0.25) is 0 Å². The summed E-state index contributed by atoms with van der Waals surface area (Å²) < 4.78 is 5.42. The Hall–Kier alpha value is -0.810. The van der Waals surface area contributed by atoms with Crippen LogP contribution in [-0.4, -0.2) is 54.4 Å². The van der Waals surface area contributed by atoms with Gasteiger partial charge in [0.05, 0.1) is 0 Å². The van der Waals surface area contributed by atoms with Crippen molar-refractivity contribution in [1.29, 1.82) is 0 Å². The largest absolute Gasteiger partial charge is 0.444 e. The van der Waals surface area contributed by atoms with E-state index in [-0.39, 0.29) is 17.7 Å². The number of alkyl carbamates (subject to hydrolysis) is 1. The smallest absolute Gasteiger partial charge is 0.407 e. The normalized spacial score (nSPS) is 37.1. The molecule has 0 aromatic heterocycles. The van der Waals surface area contributed by atoms with Gasteiger partial charge in [0, 0.05) is 36.6 Å². The fraction of sp³-hybridized carbons (Fsp3) is 0.938. The first-order valence-corrected chi connectivity index (χ1v) is 8.23. The third kappa shape index (κ3) is 2.78. The Morgan fingerprint density at radius 3 is 2.67 bits per heavy atom. The Kier molecular flexibility index (Phi) is 3.69. The number of nitrogens with zero attached hydrogens (tertiary/aromatic N) is 1. The monoisotopic (exact) mass is 295 g/mol. The number of hydrogen-bond acceptors (Lipinski definition) is 4.